The van der Waals surface area contributed by atoms with Crippen molar-refractivity contribution in [2.75, 3.05) is 26.5 Å². The minimum Gasteiger partial charge on any atom is -0.493 e. The molecular formula is C14H18N4O3. The van der Waals surface area contributed by atoms with E-state index in [0.29, 0.717) is 35.7 Å². The number of anilines is 1. The molecule has 0 saturated carbocycles. The molecular weight excluding hydrogens is 272 g/mol. The predicted octanol–water partition coefficient (Wildman–Crippen LogP) is 0.982. The first-order valence-electron chi connectivity index (χ1n) is 6.43. The molecule has 2 aromatic rings. The molecule has 7 nitrogen and oxygen atoms in total. The smallest absolute Gasteiger partial charge is 0.253 e. The number of amides is 1. The normalized spacial score (nSPS) is 10.2. The molecule has 1 aromatic carbocycles. The zero-order chi connectivity index (χ0) is 15.2. The summed E-state index contributed by atoms with van der Waals surface area (Å²) in [4.78, 5) is 19.2. The van der Waals surface area contributed by atoms with Gasteiger partial charge in [0.1, 0.15) is 5.82 Å². The minimum atomic E-state index is -0.264. The Morgan fingerprint density at radius 1 is 1.33 bits per heavy atom. The summed E-state index contributed by atoms with van der Waals surface area (Å²) >= 11 is 0. The van der Waals surface area contributed by atoms with Crippen LogP contribution in [0.4, 0.5) is 5.69 Å². The molecule has 112 valence electrons. The molecule has 0 fully saturated rings. The zero-order valence-corrected chi connectivity index (χ0v) is 12.0. The molecule has 0 aliphatic heterocycles. The molecule has 0 radical (unpaired) electrons. The van der Waals surface area contributed by atoms with E-state index in [1.807, 2.05) is 0 Å². The highest BCUT2D eigenvalue weighted by atomic mass is 16.5. The lowest BCUT2D eigenvalue weighted by Crippen LogP contribution is -2.26. The van der Waals surface area contributed by atoms with Gasteiger partial charge in [-0.25, -0.2) is 4.98 Å². The molecule has 0 saturated heterocycles. The van der Waals surface area contributed by atoms with Crippen molar-refractivity contribution < 1.29 is 14.3 Å². The number of benzene rings is 1. The van der Waals surface area contributed by atoms with Gasteiger partial charge in [-0.15, -0.1) is 0 Å². The standard InChI is InChI=1S/C14H18N4O3/c1-20-11-7-9(10(15)8-12(11)21-2)14(19)18-4-3-13-16-5-6-17-13/h5-8H,3-4,15H2,1-2H3,(H,16,17)(H,18,19). The van der Waals surface area contributed by atoms with Crippen LogP contribution in [0.15, 0.2) is 24.5 Å². The first-order chi connectivity index (χ1) is 10.2. The second-order valence-corrected chi connectivity index (χ2v) is 4.34. The lowest BCUT2D eigenvalue weighted by Gasteiger charge is -2.12. The number of nitrogens with one attached hydrogen (secondary N) is 2. The molecule has 0 aliphatic rings. The van der Waals surface area contributed by atoms with Crippen LogP contribution in [-0.2, 0) is 6.42 Å². The third-order valence-electron chi connectivity index (χ3n) is 3.00. The van der Waals surface area contributed by atoms with E-state index in [-0.39, 0.29) is 5.91 Å². The molecule has 1 amide bonds. The SMILES string of the molecule is COc1cc(N)c(C(=O)NCCc2ncc[nH]2)cc1OC. The Morgan fingerprint density at radius 3 is 2.67 bits per heavy atom. The van der Waals surface area contributed by atoms with Crippen LogP contribution in [0.25, 0.3) is 0 Å². The number of carbonyl (C=O) groups is 1. The first-order valence-corrected chi connectivity index (χ1v) is 6.43. The predicted molar refractivity (Wildman–Crippen MR) is 78.6 cm³/mol. The van der Waals surface area contributed by atoms with Crippen molar-refractivity contribution in [3.8, 4) is 11.5 Å². The van der Waals surface area contributed by atoms with E-state index in [1.165, 1.54) is 14.2 Å². The van der Waals surface area contributed by atoms with Crippen molar-refractivity contribution in [3.05, 3.63) is 35.9 Å². The number of carbonyl (C=O) groups excluding carboxylic acids is 1. The fourth-order valence-corrected chi connectivity index (χ4v) is 1.92. The molecule has 2 rings (SSSR count). The Labute approximate surface area is 122 Å². The summed E-state index contributed by atoms with van der Waals surface area (Å²) in [6.07, 6.45) is 4.03. The summed E-state index contributed by atoms with van der Waals surface area (Å²) < 4.78 is 10.3. The molecule has 0 bridgehead atoms. The van der Waals surface area contributed by atoms with Gasteiger partial charge in [0.25, 0.3) is 5.91 Å². The highest BCUT2D eigenvalue weighted by Gasteiger charge is 2.15. The average Bonchev–Trinajstić information content (AvgIpc) is 3.00. The molecule has 4 N–H and O–H groups in total. The molecule has 1 aromatic heterocycles. The average molecular weight is 290 g/mol. The van der Waals surface area contributed by atoms with Gasteiger partial charge < -0.3 is 25.5 Å². The maximum absolute atomic E-state index is 12.1. The number of nitrogen functional groups attached to an aromatic ring is 1. The fraction of sp³-hybridized carbons (Fsp3) is 0.286. The lowest BCUT2D eigenvalue weighted by molar-refractivity contribution is 0.0954. The number of H-pyrrole nitrogens is 1. The minimum absolute atomic E-state index is 0.264. The largest absolute Gasteiger partial charge is 0.493 e. The van der Waals surface area contributed by atoms with Crippen LogP contribution in [0.3, 0.4) is 0 Å². The Hall–Kier alpha value is -2.70. The van der Waals surface area contributed by atoms with Crippen LogP contribution < -0.4 is 20.5 Å². The van der Waals surface area contributed by atoms with E-state index in [0.717, 1.165) is 5.82 Å². The van der Waals surface area contributed by atoms with Crippen molar-refractivity contribution in [1.29, 1.82) is 0 Å². The number of hydrogen-bond donors (Lipinski definition) is 3. The van der Waals surface area contributed by atoms with Crippen LogP contribution in [0.5, 0.6) is 11.5 Å². The fourth-order valence-electron chi connectivity index (χ4n) is 1.92. The third kappa shape index (κ3) is 3.44. The highest BCUT2D eigenvalue weighted by molar-refractivity contribution is 6.00. The Balaban J connectivity index is 2.04. The first kappa shape index (κ1) is 14.7. The second-order valence-electron chi connectivity index (χ2n) is 4.34. The third-order valence-corrected chi connectivity index (χ3v) is 3.00. The summed E-state index contributed by atoms with van der Waals surface area (Å²) in [7, 11) is 3.02. The number of imidazole rings is 1. The Bertz CT molecular complexity index is 611. The topological polar surface area (TPSA) is 102 Å². The van der Waals surface area contributed by atoms with E-state index in [2.05, 4.69) is 15.3 Å². The second kappa shape index (κ2) is 6.65. The van der Waals surface area contributed by atoms with Gasteiger partial charge >= 0.3 is 0 Å². The van der Waals surface area contributed by atoms with Crippen molar-refractivity contribution in [2.24, 2.45) is 0 Å². The number of nitrogens with two attached hydrogens (primary N) is 1. The van der Waals surface area contributed by atoms with Crippen LogP contribution in [-0.4, -0.2) is 36.6 Å². The number of ether oxygens (including phenoxy) is 2. The number of hydrogen-bond acceptors (Lipinski definition) is 5. The van der Waals surface area contributed by atoms with E-state index < -0.39 is 0 Å². The summed E-state index contributed by atoms with van der Waals surface area (Å²) in [6.45, 7) is 0.458. The summed E-state index contributed by atoms with van der Waals surface area (Å²) in [5.74, 6) is 1.50. The number of rotatable bonds is 6. The number of aromatic nitrogens is 2. The van der Waals surface area contributed by atoms with Gasteiger partial charge in [0.2, 0.25) is 0 Å². The highest BCUT2D eigenvalue weighted by Crippen LogP contribution is 2.31. The van der Waals surface area contributed by atoms with Gasteiger partial charge in [-0.3, -0.25) is 4.79 Å². The Morgan fingerprint density at radius 2 is 2.05 bits per heavy atom. The van der Waals surface area contributed by atoms with Crippen molar-refractivity contribution in [2.45, 2.75) is 6.42 Å². The van der Waals surface area contributed by atoms with Gasteiger partial charge in [-0.05, 0) is 6.07 Å². The van der Waals surface area contributed by atoms with E-state index in [9.17, 15) is 4.79 Å². The molecule has 0 atom stereocenters. The van der Waals surface area contributed by atoms with E-state index >= 15 is 0 Å². The van der Waals surface area contributed by atoms with Gasteiger partial charge in [-0.2, -0.15) is 0 Å². The van der Waals surface area contributed by atoms with Gasteiger partial charge in [0.05, 0.1) is 19.8 Å². The quantitative estimate of drug-likeness (QED) is 0.688. The molecule has 21 heavy (non-hydrogen) atoms. The number of nitrogens with zero attached hydrogens (tertiary/aromatic N) is 1. The van der Waals surface area contributed by atoms with Gasteiger partial charge in [0.15, 0.2) is 11.5 Å². The van der Waals surface area contributed by atoms with Crippen molar-refractivity contribution >= 4 is 11.6 Å². The number of aromatic amines is 1. The van der Waals surface area contributed by atoms with Crippen molar-refractivity contribution in [1.82, 2.24) is 15.3 Å². The summed E-state index contributed by atoms with van der Waals surface area (Å²) in [5.41, 5.74) is 6.56. The molecule has 0 spiro atoms. The van der Waals surface area contributed by atoms with Crippen LogP contribution in [0, 0.1) is 0 Å². The van der Waals surface area contributed by atoms with Crippen molar-refractivity contribution in [3.63, 3.8) is 0 Å². The van der Waals surface area contributed by atoms with Crippen LogP contribution >= 0.6 is 0 Å². The lowest BCUT2D eigenvalue weighted by atomic mass is 10.1. The van der Waals surface area contributed by atoms with Crippen LogP contribution in [0.1, 0.15) is 16.2 Å². The molecule has 1 heterocycles. The number of methoxy groups -OCH3 is 2. The molecule has 7 heteroatoms. The molecule has 0 unspecified atom stereocenters. The summed E-state index contributed by atoms with van der Waals surface area (Å²) in [5, 5.41) is 2.79. The maximum Gasteiger partial charge on any atom is 0.253 e. The molecule has 0 aliphatic carbocycles. The zero-order valence-electron chi connectivity index (χ0n) is 12.0. The van der Waals surface area contributed by atoms with E-state index in [1.54, 1.807) is 24.5 Å². The monoisotopic (exact) mass is 290 g/mol. The Kier molecular flexibility index (Phi) is 4.65. The van der Waals surface area contributed by atoms with Gasteiger partial charge in [0, 0.05) is 37.1 Å². The summed E-state index contributed by atoms with van der Waals surface area (Å²) in [6, 6.07) is 3.14. The van der Waals surface area contributed by atoms with Gasteiger partial charge in [-0.1, -0.05) is 0 Å². The maximum atomic E-state index is 12.1. The van der Waals surface area contributed by atoms with Crippen LogP contribution in [0.2, 0.25) is 0 Å². The van der Waals surface area contributed by atoms with E-state index in [4.69, 9.17) is 15.2 Å².